The number of halogens is 2. The van der Waals surface area contributed by atoms with Gasteiger partial charge in [-0.15, -0.1) is 0 Å². The van der Waals surface area contributed by atoms with Gasteiger partial charge < -0.3 is 11.1 Å². The Morgan fingerprint density at radius 3 is 2.75 bits per heavy atom. The maximum Gasteiger partial charge on any atom is 0.254 e. The number of amides is 1. The number of hydrogen-bond acceptors (Lipinski definition) is 2. The molecule has 86 valence electrons. The molecule has 0 saturated heterocycles. The van der Waals surface area contributed by atoms with Crippen molar-refractivity contribution in [1.82, 2.24) is 5.32 Å². The molecular weight excluding hydrogens is 231 g/mol. The average molecular weight is 243 g/mol. The molecule has 1 aliphatic rings. The molecule has 1 aromatic carbocycles. The molecule has 0 bridgehead atoms. The lowest BCUT2D eigenvalue weighted by Gasteiger charge is -2.32. The summed E-state index contributed by atoms with van der Waals surface area (Å²) in [7, 11) is 0. The fraction of sp³-hybridized carbons (Fsp3) is 0.364. The number of nitrogens with one attached hydrogen (secondary N) is 1. The highest BCUT2D eigenvalue weighted by molar-refractivity contribution is 6.30. The van der Waals surface area contributed by atoms with Gasteiger partial charge in [-0.2, -0.15) is 0 Å². The van der Waals surface area contributed by atoms with Crippen LogP contribution in [-0.2, 0) is 0 Å². The summed E-state index contributed by atoms with van der Waals surface area (Å²) in [6, 6.07) is 4.22. The average Bonchev–Trinajstić information content (AvgIpc) is 2.15. The minimum atomic E-state index is -0.603. The van der Waals surface area contributed by atoms with Gasteiger partial charge >= 0.3 is 0 Å². The minimum absolute atomic E-state index is 0.0184. The van der Waals surface area contributed by atoms with Crippen molar-refractivity contribution < 1.29 is 9.18 Å². The maximum atomic E-state index is 13.4. The van der Waals surface area contributed by atoms with Crippen LogP contribution < -0.4 is 11.1 Å². The van der Waals surface area contributed by atoms with Gasteiger partial charge in [-0.3, -0.25) is 4.79 Å². The Kier molecular flexibility index (Phi) is 3.12. The Morgan fingerprint density at radius 2 is 2.19 bits per heavy atom. The third-order valence-corrected chi connectivity index (χ3v) is 2.92. The molecule has 1 fully saturated rings. The highest BCUT2D eigenvalue weighted by atomic mass is 35.5. The van der Waals surface area contributed by atoms with Crippen LogP contribution in [0.4, 0.5) is 4.39 Å². The van der Waals surface area contributed by atoms with Crippen LogP contribution in [0.5, 0.6) is 0 Å². The fourth-order valence-electron chi connectivity index (χ4n) is 1.72. The van der Waals surface area contributed by atoms with Gasteiger partial charge in [0.05, 0.1) is 5.56 Å². The summed E-state index contributed by atoms with van der Waals surface area (Å²) in [4.78, 5) is 11.7. The summed E-state index contributed by atoms with van der Waals surface area (Å²) in [6.07, 6.45) is 1.50. The molecule has 0 radical (unpaired) electrons. The van der Waals surface area contributed by atoms with Gasteiger partial charge in [0, 0.05) is 17.1 Å². The second-order valence-electron chi connectivity index (χ2n) is 4.03. The Hall–Kier alpha value is -1.13. The van der Waals surface area contributed by atoms with Crippen LogP contribution in [0.3, 0.4) is 0 Å². The zero-order valence-corrected chi connectivity index (χ0v) is 9.30. The Bertz CT molecular complexity index is 418. The number of nitrogens with two attached hydrogens (primary N) is 1. The lowest BCUT2D eigenvalue weighted by Crippen LogP contribution is -2.50. The second kappa shape index (κ2) is 4.39. The third kappa shape index (κ3) is 2.33. The van der Waals surface area contributed by atoms with E-state index < -0.39 is 11.7 Å². The number of carbonyl (C=O) groups is 1. The molecule has 0 unspecified atom stereocenters. The molecular formula is C11H12ClFN2O. The van der Waals surface area contributed by atoms with E-state index in [4.69, 9.17) is 17.3 Å². The predicted octanol–water partition coefficient (Wildman–Crippen LogP) is 1.70. The van der Waals surface area contributed by atoms with E-state index in [1.54, 1.807) is 0 Å². The lowest BCUT2D eigenvalue weighted by atomic mass is 9.87. The summed E-state index contributed by atoms with van der Waals surface area (Å²) >= 11 is 5.60. The van der Waals surface area contributed by atoms with Gasteiger partial charge in [-0.1, -0.05) is 11.6 Å². The molecule has 0 aromatic heterocycles. The van der Waals surface area contributed by atoms with E-state index in [9.17, 15) is 9.18 Å². The van der Waals surface area contributed by atoms with Crippen LogP contribution >= 0.6 is 11.6 Å². The molecule has 1 saturated carbocycles. The molecule has 0 aliphatic heterocycles. The topological polar surface area (TPSA) is 55.1 Å². The van der Waals surface area contributed by atoms with Crippen molar-refractivity contribution in [3.63, 3.8) is 0 Å². The summed E-state index contributed by atoms with van der Waals surface area (Å²) < 4.78 is 13.4. The molecule has 1 aliphatic carbocycles. The van der Waals surface area contributed by atoms with Crippen molar-refractivity contribution in [1.29, 1.82) is 0 Å². The molecule has 3 nitrogen and oxygen atoms in total. The van der Waals surface area contributed by atoms with E-state index in [-0.39, 0.29) is 22.7 Å². The zero-order chi connectivity index (χ0) is 11.7. The van der Waals surface area contributed by atoms with E-state index in [1.807, 2.05) is 0 Å². The van der Waals surface area contributed by atoms with Crippen LogP contribution in [0, 0.1) is 5.82 Å². The molecule has 0 atom stereocenters. The van der Waals surface area contributed by atoms with E-state index in [2.05, 4.69) is 5.32 Å². The van der Waals surface area contributed by atoms with Crippen LogP contribution in [0.2, 0.25) is 5.02 Å². The van der Waals surface area contributed by atoms with Crippen molar-refractivity contribution in [2.45, 2.75) is 24.9 Å². The van der Waals surface area contributed by atoms with E-state index >= 15 is 0 Å². The maximum absolute atomic E-state index is 13.4. The molecule has 2 rings (SSSR count). The van der Waals surface area contributed by atoms with Gasteiger partial charge in [-0.25, -0.2) is 4.39 Å². The predicted molar refractivity (Wildman–Crippen MR) is 59.9 cm³/mol. The van der Waals surface area contributed by atoms with Crippen molar-refractivity contribution in [2.75, 3.05) is 0 Å². The lowest BCUT2D eigenvalue weighted by molar-refractivity contribution is 0.0906. The van der Waals surface area contributed by atoms with Crippen molar-refractivity contribution >= 4 is 17.5 Å². The quantitative estimate of drug-likeness (QED) is 0.829. The van der Waals surface area contributed by atoms with Gasteiger partial charge in [0.2, 0.25) is 0 Å². The van der Waals surface area contributed by atoms with Gasteiger partial charge in [0.1, 0.15) is 5.82 Å². The zero-order valence-electron chi connectivity index (χ0n) is 8.54. The third-order valence-electron chi connectivity index (χ3n) is 2.69. The second-order valence-corrected chi connectivity index (χ2v) is 4.46. The number of rotatable bonds is 2. The Balaban J connectivity index is 2.03. The minimum Gasteiger partial charge on any atom is -0.349 e. The number of hydrogen-bond donors (Lipinski definition) is 2. The molecule has 16 heavy (non-hydrogen) atoms. The van der Waals surface area contributed by atoms with Gasteiger partial charge in [-0.05, 0) is 31.0 Å². The van der Waals surface area contributed by atoms with Gasteiger partial charge in [0.15, 0.2) is 0 Å². The SMILES string of the molecule is NC1CC(NC(=O)c2ccc(Cl)cc2F)C1. The smallest absolute Gasteiger partial charge is 0.254 e. The summed E-state index contributed by atoms with van der Waals surface area (Å²) in [6.45, 7) is 0. The van der Waals surface area contributed by atoms with E-state index in [0.717, 1.165) is 18.9 Å². The molecule has 5 heteroatoms. The Morgan fingerprint density at radius 1 is 1.50 bits per heavy atom. The molecule has 0 spiro atoms. The van der Waals surface area contributed by atoms with Crippen LogP contribution in [0.1, 0.15) is 23.2 Å². The summed E-state index contributed by atoms with van der Waals surface area (Å²) in [5, 5.41) is 3.00. The van der Waals surface area contributed by atoms with Crippen molar-refractivity contribution in [2.24, 2.45) is 5.73 Å². The van der Waals surface area contributed by atoms with Gasteiger partial charge in [0.25, 0.3) is 5.91 Å². The van der Waals surface area contributed by atoms with Crippen LogP contribution in [-0.4, -0.2) is 18.0 Å². The van der Waals surface area contributed by atoms with Crippen LogP contribution in [0.15, 0.2) is 18.2 Å². The standard InChI is InChI=1S/C11H12ClFN2O/c12-6-1-2-9(10(13)3-6)11(16)15-8-4-7(14)5-8/h1-3,7-8H,4-5,14H2,(H,15,16). The number of benzene rings is 1. The van der Waals surface area contributed by atoms with Crippen molar-refractivity contribution in [3.8, 4) is 0 Å². The molecule has 1 aromatic rings. The first-order valence-electron chi connectivity index (χ1n) is 5.08. The fourth-order valence-corrected chi connectivity index (χ4v) is 1.88. The normalized spacial score (nSPS) is 23.7. The summed E-state index contributed by atoms with van der Waals surface area (Å²) in [5.41, 5.74) is 5.61. The highest BCUT2D eigenvalue weighted by Gasteiger charge is 2.28. The first-order chi connectivity index (χ1) is 7.56. The van der Waals surface area contributed by atoms with E-state index in [1.165, 1.54) is 12.1 Å². The molecule has 3 N–H and O–H groups in total. The molecule has 1 amide bonds. The summed E-state index contributed by atoms with van der Waals surface area (Å²) in [5.74, 6) is -1.01. The monoisotopic (exact) mass is 242 g/mol. The van der Waals surface area contributed by atoms with Crippen LogP contribution in [0.25, 0.3) is 0 Å². The first-order valence-corrected chi connectivity index (χ1v) is 5.45. The molecule has 0 heterocycles. The highest BCUT2D eigenvalue weighted by Crippen LogP contribution is 2.19. The Labute approximate surface area is 97.8 Å². The number of carbonyl (C=O) groups excluding carboxylic acids is 1. The first kappa shape index (κ1) is 11.4. The van der Waals surface area contributed by atoms with Crippen molar-refractivity contribution in [3.05, 3.63) is 34.6 Å². The largest absolute Gasteiger partial charge is 0.349 e. The van der Waals surface area contributed by atoms with E-state index in [0.29, 0.717) is 0 Å².